The Balaban J connectivity index is 0.00000105. The van der Waals surface area contributed by atoms with Crippen molar-refractivity contribution in [2.24, 2.45) is 5.92 Å². The number of hydrogen-bond acceptors (Lipinski definition) is 6. The lowest BCUT2D eigenvalue weighted by Gasteiger charge is -2.34. The van der Waals surface area contributed by atoms with Gasteiger partial charge < -0.3 is 9.64 Å². The van der Waals surface area contributed by atoms with Crippen LogP contribution in [0.15, 0.2) is 41.8 Å². The molecule has 1 heterocycles. The molecular weight excluding hydrogens is 350 g/mol. The highest BCUT2D eigenvalue weighted by atomic mass is 32.1. The van der Waals surface area contributed by atoms with Gasteiger partial charge in [0.15, 0.2) is 0 Å². The fraction of sp³-hybridized carbons (Fsp3) is 0.400. The van der Waals surface area contributed by atoms with Gasteiger partial charge in [-0.25, -0.2) is 4.79 Å². The first-order chi connectivity index (χ1) is 12.3. The smallest absolute Gasteiger partial charge is 0.373 e. The van der Waals surface area contributed by atoms with Crippen molar-refractivity contribution in [2.45, 2.75) is 46.8 Å². The topological polar surface area (TPSA) is 63.7 Å². The van der Waals surface area contributed by atoms with E-state index in [1.54, 1.807) is 11.3 Å². The fourth-order valence-corrected chi connectivity index (χ4v) is 3.30. The van der Waals surface area contributed by atoms with Gasteiger partial charge in [0.2, 0.25) is 0 Å². The average Bonchev–Trinajstić information content (AvgIpc) is 3.07. The normalized spacial score (nSPS) is 11.3. The standard InChI is InChI=1S/C19H25NO2S.CO2/c1-13(2)18(19(21)22-14(3)4)20(17-7-6-12-23-17)16-10-8-15(5)9-11-16;2-1-3/h6-14,18H,1-5H3;. The van der Waals surface area contributed by atoms with Crippen molar-refractivity contribution in [2.75, 3.05) is 4.90 Å². The van der Waals surface area contributed by atoms with Crippen LogP contribution in [0.2, 0.25) is 0 Å². The Bertz CT molecular complexity index is 702. The number of nitrogens with zero attached hydrogens (tertiary/aromatic N) is 1. The summed E-state index contributed by atoms with van der Waals surface area (Å²) in [6.45, 7) is 9.95. The van der Waals surface area contributed by atoms with E-state index >= 15 is 0 Å². The van der Waals surface area contributed by atoms with Crippen molar-refractivity contribution in [3.63, 3.8) is 0 Å². The maximum atomic E-state index is 12.7. The third-order valence-corrected chi connectivity index (χ3v) is 4.43. The van der Waals surface area contributed by atoms with Crippen LogP contribution in [0.1, 0.15) is 33.3 Å². The Kier molecular flexibility index (Phi) is 8.76. The fourth-order valence-electron chi connectivity index (χ4n) is 2.51. The SMILES string of the molecule is Cc1ccc(N(c2cccs2)C(C(=O)OC(C)C)C(C)C)cc1.O=C=O. The van der Waals surface area contributed by atoms with Gasteiger partial charge in [-0.3, -0.25) is 0 Å². The molecule has 0 N–H and O–H groups in total. The van der Waals surface area contributed by atoms with Crippen molar-refractivity contribution in [1.29, 1.82) is 0 Å². The van der Waals surface area contributed by atoms with Gasteiger partial charge in [0.05, 0.1) is 11.1 Å². The van der Waals surface area contributed by atoms with Crippen LogP contribution in [-0.4, -0.2) is 24.3 Å². The summed E-state index contributed by atoms with van der Waals surface area (Å²) in [7, 11) is 0. The Morgan fingerprint density at radius 2 is 1.65 bits per heavy atom. The summed E-state index contributed by atoms with van der Waals surface area (Å²) in [5.74, 6) is -0.0476. The molecular formula is C20H25NO4S. The second kappa shape index (κ2) is 10.5. The molecule has 1 unspecified atom stereocenters. The van der Waals surface area contributed by atoms with Crippen LogP contribution in [0.3, 0.4) is 0 Å². The third-order valence-electron chi connectivity index (χ3n) is 3.56. The minimum atomic E-state index is -0.348. The number of benzene rings is 1. The Morgan fingerprint density at radius 3 is 2.08 bits per heavy atom. The molecule has 2 aromatic rings. The molecule has 0 saturated carbocycles. The van der Waals surface area contributed by atoms with Crippen molar-refractivity contribution >= 4 is 34.1 Å². The van der Waals surface area contributed by atoms with Crippen LogP contribution in [0.4, 0.5) is 10.7 Å². The van der Waals surface area contributed by atoms with Crippen molar-refractivity contribution in [3.8, 4) is 0 Å². The van der Waals surface area contributed by atoms with E-state index in [-0.39, 0.29) is 30.2 Å². The van der Waals surface area contributed by atoms with Gasteiger partial charge in [-0.05, 0) is 56.3 Å². The highest BCUT2D eigenvalue weighted by Crippen LogP contribution is 2.34. The molecule has 2 rings (SSSR count). The predicted octanol–water partition coefficient (Wildman–Crippen LogP) is 4.59. The number of ether oxygens (including phenoxy) is 1. The van der Waals surface area contributed by atoms with E-state index < -0.39 is 0 Å². The predicted molar refractivity (Wildman–Crippen MR) is 102 cm³/mol. The monoisotopic (exact) mass is 375 g/mol. The Hall–Kier alpha value is -2.43. The molecule has 0 aliphatic rings. The summed E-state index contributed by atoms with van der Waals surface area (Å²) in [5, 5.41) is 3.08. The molecule has 0 spiro atoms. The maximum absolute atomic E-state index is 12.7. The van der Waals surface area contributed by atoms with Crippen molar-refractivity contribution < 1.29 is 19.1 Å². The van der Waals surface area contributed by atoms with Gasteiger partial charge in [-0.1, -0.05) is 31.5 Å². The summed E-state index contributed by atoms with van der Waals surface area (Å²) in [6, 6.07) is 12.0. The van der Waals surface area contributed by atoms with Crippen molar-refractivity contribution in [3.05, 3.63) is 47.3 Å². The van der Waals surface area contributed by atoms with Gasteiger partial charge in [0.1, 0.15) is 6.04 Å². The summed E-state index contributed by atoms with van der Waals surface area (Å²) < 4.78 is 5.52. The number of anilines is 2. The summed E-state index contributed by atoms with van der Waals surface area (Å²) in [5.41, 5.74) is 2.21. The first-order valence-electron chi connectivity index (χ1n) is 8.41. The van der Waals surface area contributed by atoms with Crippen LogP contribution >= 0.6 is 11.3 Å². The van der Waals surface area contributed by atoms with Crippen LogP contribution in [0.25, 0.3) is 0 Å². The number of thiophene rings is 1. The zero-order valence-corrected chi connectivity index (χ0v) is 16.6. The van der Waals surface area contributed by atoms with Crippen LogP contribution in [0.5, 0.6) is 0 Å². The van der Waals surface area contributed by atoms with Crippen molar-refractivity contribution in [1.82, 2.24) is 0 Å². The molecule has 0 aliphatic carbocycles. The van der Waals surface area contributed by atoms with E-state index in [1.807, 2.05) is 31.4 Å². The molecule has 0 amide bonds. The van der Waals surface area contributed by atoms with Gasteiger partial charge >= 0.3 is 12.1 Å². The molecule has 1 atom stereocenters. The van der Waals surface area contributed by atoms with Gasteiger partial charge in [0.25, 0.3) is 0 Å². The van der Waals surface area contributed by atoms with E-state index in [9.17, 15) is 4.79 Å². The summed E-state index contributed by atoms with van der Waals surface area (Å²) in [6.07, 6.45) is 0.131. The lowest BCUT2D eigenvalue weighted by Crippen LogP contribution is -2.43. The van der Waals surface area contributed by atoms with Crippen LogP contribution in [-0.2, 0) is 19.1 Å². The Morgan fingerprint density at radius 1 is 1.08 bits per heavy atom. The highest BCUT2D eigenvalue weighted by molar-refractivity contribution is 7.14. The lowest BCUT2D eigenvalue weighted by molar-refractivity contribution is -0.191. The zero-order chi connectivity index (χ0) is 19.7. The maximum Gasteiger partial charge on any atom is 0.373 e. The molecule has 26 heavy (non-hydrogen) atoms. The number of carbonyl (C=O) groups is 1. The number of rotatable bonds is 6. The number of aryl methyl sites for hydroxylation is 1. The van der Waals surface area contributed by atoms with E-state index in [0.717, 1.165) is 10.7 Å². The van der Waals surface area contributed by atoms with Crippen LogP contribution < -0.4 is 4.90 Å². The summed E-state index contributed by atoms with van der Waals surface area (Å²) >= 11 is 1.63. The molecule has 6 heteroatoms. The quantitative estimate of drug-likeness (QED) is 0.691. The first-order valence-corrected chi connectivity index (χ1v) is 9.29. The largest absolute Gasteiger partial charge is 0.461 e. The average molecular weight is 375 g/mol. The van der Waals surface area contributed by atoms with Crippen LogP contribution in [0, 0.1) is 12.8 Å². The number of carbonyl (C=O) groups excluding carboxylic acids is 3. The van der Waals surface area contributed by atoms with Gasteiger partial charge in [-0.2, -0.15) is 9.59 Å². The minimum absolute atomic E-state index is 0.119. The van der Waals surface area contributed by atoms with Gasteiger partial charge in [0, 0.05) is 5.69 Å². The first kappa shape index (κ1) is 21.6. The molecule has 0 aliphatic heterocycles. The molecule has 140 valence electrons. The molecule has 0 saturated heterocycles. The number of hydrogen-bond donors (Lipinski definition) is 0. The second-order valence-electron chi connectivity index (χ2n) is 6.41. The molecule has 5 nitrogen and oxygen atoms in total. The lowest BCUT2D eigenvalue weighted by atomic mass is 10.0. The third kappa shape index (κ3) is 6.14. The minimum Gasteiger partial charge on any atom is -0.461 e. The van der Waals surface area contributed by atoms with E-state index in [4.69, 9.17) is 14.3 Å². The summed E-state index contributed by atoms with van der Waals surface area (Å²) in [4.78, 5) is 31.1. The molecule has 1 aromatic heterocycles. The second-order valence-corrected chi connectivity index (χ2v) is 7.34. The van der Waals surface area contributed by atoms with E-state index in [0.29, 0.717) is 0 Å². The molecule has 0 radical (unpaired) electrons. The molecule has 0 fully saturated rings. The van der Waals surface area contributed by atoms with E-state index in [2.05, 4.69) is 49.9 Å². The molecule has 0 bridgehead atoms. The highest BCUT2D eigenvalue weighted by Gasteiger charge is 2.32. The molecule has 1 aromatic carbocycles. The van der Waals surface area contributed by atoms with E-state index in [1.165, 1.54) is 5.56 Å². The number of esters is 1. The Labute approximate surface area is 158 Å². The zero-order valence-electron chi connectivity index (χ0n) is 15.8. The van der Waals surface area contributed by atoms with Gasteiger partial charge in [-0.15, -0.1) is 11.3 Å².